The van der Waals surface area contributed by atoms with Crippen LogP contribution in [0.15, 0.2) is 42.5 Å². The highest BCUT2D eigenvalue weighted by Gasteiger charge is 2.12. The molecule has 0 spiro atoms. The topological polar surface area (TPSA) is 116 Å². The number of anilines is 2. The van der Waals surface area contributed by atoms with Crippen molar-refractivity contribution in [3.8, 4) is 0 Å². The molecule has 0 fully saturated rings. The van der Waals surface area contributed by atoms with E-state index < -0.39 is 0 Å². The second-order valence-corrected chi connectivity index (χ2v) is 7.33. The zero-order valence-corrected chi connectivity index (χ0v) is 18.2. The summed E-state index contributed by atoms with van der Waals surface area (Å²) in [5.74, 6) is -1.13. The van der Waals surface area contributed by atoms with E-state index in [1.807, 2.05) is 19.9 Å². The Morgan fingerprint density at radius 2 is 1.45 bits per heavy atom. The molecule has 4 N–H and O–H groups in total. The Morgan fingerprint density at radius 1 is 0.839 bits per heavy atom. The van der Waals surface area contributed by atoms with E-state index in [4.69, 9.17) is 0 Å². The lowest BCUT2D eigenvalue weighted by Crippen LogP contribution is -2.32. The second kappa shape index (κ2) is 10.9. The van der Waals surface area contributed by atoms with Crippen molar-refractivity contribution >= 4 is 35.0 Å². The minimum absolute atomic E-state index is 0.0737. The lowest BCUT2D eigenvalue weighted by Gasteiger charge is -2.13. The van der Waals surface area contributed by atoms with Crippen LogP contribution >= 0.6 is 0 Å². The van der Waals surface area contributed by atoms with Gasteiger partial charge in [-0.2, -0.15) is 0 Å². The third-order valence-corrected chi connectivity index (χ3v) is 4.47. The van der Waals surface area contributed by atoms with E-state index in [0.29, 0.717) is 16.9 Å². The van der Waals surface area contributed by atoms with Gasteiger partial charge in [-0.3, -0.25) is 19.2 Å². The summed E-state index contributed by atoms with van der Waals surface area (Å²) in [5.41, 5.74) is 2.36. The quantitative estimate of drug-likeness (QED) is 0.521. The van der Waals surface area contributed by atoms with E-state index in [1.54, 1.807) is 24.3 Å². The fourth-order valence-electron chi connectivity index (χ4n) is 2.83. The van der Waals surface area contributed by atoms with Gasteiger partial charge in [-0.15, -0.1) is 0 Å². The average Bonchev–Trinajstić information content (AvgIpc) is 2.70. The van der Waals surface area contributed by atoms with Crippen LogP contribution in [0.4, 0.5) is 11.4 Å². The molecule has 2 aromatic carbocycles. The Balaban J connectivity index is 2.13. The first-order valence-electron chi connectivity index (χ1n) is 10.1. The molecule has 2 aromatic rings. The zero-order valence-electron chi connectivity index (χ0n) is 18.2. The summed E-state index contributed by atoms with van der Waals surface area (Å²) in [4.78, 5) is 47.8. The van der Waals surface area contributed by atoms with Crippen LogP contribution in [0.25, 0.3) is 0 Å². The normalized spacial score (nSPS) is 11.2. The van der Waals surface area contributed by atoms with Crippen molar-refractivity contribution in [1.29, 1.82) is 0 Å². The predicted molar refractivity (Wildman–Crippen MR) is 120 cm³/mol. The summed E-state index contributed by atoms with van der Waals surface area (Å²) in [6.07, 6.45) is 0.833. The van der Waals surface area contributed by atoms with Crippen molar-refractivity contribution in [3.05, 3.63) is 59.2 Å². The Kier molecular flexibility index (Phi) is 8.31. The van der Waals surface area contributed by atoms with Crippen LogP contribution in [-0.4, -0.2) is 29.7 Å². The van der Waals surface area contributed by atoms with Crippen LogP contribution < -0.4 is 21.3 Å². The van der Waals surface area contributed by atoms with Gasteiger partial charge in [-0.1, -0.05) is 19.1 Å². The molecule has 31 heavy (non-hydrogen) atoms. The van der Waals surface area contributed by atoms with E-state index in [2.05, 4.69) is 21.3 Å². The van der Waals surface area contributed by atoms with E-state index in [1.165, 1.54) is 26.0 Å². The van der Waals surface area contributed by atoms with Gasteiger partial charge >= 0.3 is 0 Å². The van der Waals surface area contributed by atoms with Gasteiger partial charge in [0, 0.05) is 48.9 Å². The average molecular weight is 425 g/mol. The minimum atomic E-state index is -0.381. The number of benzene rings is 2. The summed E-state index contributed by atoms with van der Waals surface area (Å²) in [6.45, 7) is 6.86. The number of amides is 4. The first-order valence-corrected chi connectivity index (χ1v) is 10.1. The Morgan fingerprint density at radius 3 is 2.00 bits per heavy atom. The molecule has 2 rings (SSSR count). The molecule has 1 unspecified atom stereocenters. The number of carbonyl (C=O) groups is 4. The molecule has 8 nitrogen and oxygen atoms in total. The molecule has 0 saturated carbocycles. The Hall–Kier alpha value is -3.68. The molecule has 0 bridgehead atoms. The standard InChI is InChI=1S/C23H28N4O4/c1-5-14(2)25-23(31)18-8-6-7-17(9-18)13-24-22(30)19-10-20(26-15(3)28)12-21(11-19)27-16(4)29/h6-12,14H,5,13H2,1-4H3,(H,24,30)(H,25,31)(H,26,28)(H,27,29). The third-order valence-electron chi connectivity index (χ3n) is 4.47. The molecule has 0 aliphatic carbocycles. The SMILES string of the molecule is CCC(C)NC(=O)c1cccc(CNC(=O)c2cc(NC(C)=O)cc(NC(C)=O)c2)c1. The van der Waals surface area contributed by atoms with Crippen molar-refractivity contribution < 1.29 is 19.2 Å². The van der Waals surface area contributed by atoms with Gasteiger partial charge in [-0.05, 0) is 49.2 Å². The van der Waals surface area contributed by atoms with Crippen molar-refractivity contribution in [1.82, 2.24) is 10.6 Å². The largest absolute Gasteiger partial charge is 0.350 e. The van der Waals surface area contributed by atoms with Crippen molar-refractivity contribution in [2.45, 2.75) is 46.7 Å². The lowest BCUT2D eigenvalue weighted by molar-refractivity contribution is -0.115. The maximum Gasteiger partial charge on any atom is 0.251 e. The molecule has 1 atom stereocenters. The van der Waals surface area contributed by atoms with Gasteiger partial charge in [-0.25, -0.2) is 0 Å². The summed E-state index contributed by atoms with van der Waals surface area (Å²) < 4.78 is 0. The highest BCUT2D eigenvalue weighted by Crippen LogP contribution is 2.19. The molecule has 164 valence electrons. The van der Waals surface area contributed by atoms with Gasteiger partial charge in [0.2, 0.25) is 11.8 Å². The van der Waals surface area contributed by atoms with E-state index in [9.17, 15) is 19.2 Å². The molecule has 0 saturated heterocycles. The molecule has 0 radical (unpaired) electrons. The molecule has 0 heterocycles. The molecule has 0 aromatic heterocycles. The monoisotopic (exact) mass is 424 g/mol. The fourth-order valence-corrected chi connectivity index (χ4v) is 2.83. The predicted octanol–water partition coefficient (Wildman–Crippen LogP) is 3.06. The first kappa shape index (κ1) is 23.6. The summed E-state index contributed by atoms with van der Waals surface area (Å²) >= 11 is 0. The summed E-state index contributed by atoms with van der Waals surface area (Å²) in [7, 11) is 0. The maximum absolute atomic E-state index is 12.7. The number of hydrogen-bond acceptors (Lipinski definition) is 4. The van der Waals surface area contributed by atoms with Crippen LogP contribution in [0.2, 0.25) is 0 Å². The Labute approximate surface area is 181 Å². The second-order valence-electron chi connectivity index (χ2n) is 7.33. The fraction of sp³-hybridized carbons (Fsp3) is 0.304. The lowest BCUT2D eigenvalue weighted by atomic mass is 10.1. The third kappa shape index (κ3) is 7.58. The molecular formula is C23H28N4O4. The van der Waals surface area contributed by atoms with Gasteiger partial charge in [0.05, 0.1) is 0 Å². The first-order chi connectivity index (χ1) is 14.7. The smallest absolute Gasteiger partial charge is 0.251 e. The molecule has 4 amide bonds. The van der Waals surface area contributed by atoms with Gasteiger partial charge in [0.15, 0.2) is 0 Å². The van der Waals surface area contributed by atoms with Crippen molar-refractivity contribution in [3.63, 3.8) is 0 Å². The number of nitrogens with one attached hydrogen (secondary N) is 4. The molecule has 0 aliphatic heterocycles. The number of rotatable bonds is 8. The van der Waals surface area contributed by atoms with E-state index >= 15 is 0 Å². The number of hydrogen-bond donors (Lipinski definition) is 4. The van der Waals surface area contributed by atoms with Crippen LogP contribution in [0, 0.1) is 0 Å². The highest BCUT2D eigenvalue weighted by atomic mass is 16.2. The summed E-state index contributed by atoms with van der Waals surface area (Å²) in [6, 6.07) is 11.7. The van der Waals surface area contributed by atoms with E-state index in [-0.39, 0.29) is 41.8 Å². The van der Waals surface area contributed by atoms with Gasteiger partial charge in [0.25, 0.3) is 11.8 Å². The van der Waals surface area contributed by atoms with E-state index in [0.717, 1.165) is 12.0 Å². The van der Waals surface area contributed by atoms with Crippen molar-refractivity contribution in [2.24, 2.45) is 0 Å². The molecule has 8 heteroatoms. The summed E-state index contributed by atoms with van der Waals surface area (Å²) in [5, 5.41) is 10.9. The van der Waals surface area contributed by atoms with Crippen LogP contribution in [0.1, 0.15) is 60.4 Å². The van der Waals surface area contributed by atoms with Crippen LogP contribution in [-0.2, 0) is 16.1 Å². The van der Waals surface area contributed by atoms with Crippen molar-refractivity contribution in [2.75, 3.05) is 10.6 Å². The maximum atomic E-state index is 12.7. The van der Waals surface area contributed by atoms with Gasteiger partial charge in [0.1, 0.15) is 0 Å². The molecular weight excluding hydrogens is 396 g/mol. The van der Waals surface area contributed by atoms with Crippen LogP contribution in [0.5, 0.6) is 0 Å². The number of carbonyl (C=O) groups excluding carboxylic acids is 4. The minimum Gasteiger partial charge on any atom is -0.350 e. The van der Waals surface area contributed by atoms with Gasteiger partial charge < -0.3 is 21.3 Å². The van der Waals surface area contributed by atoms with Crippen LogP contribution in [0.3, 0.4) is 0 Å². The Bertz CT molecular complexity index is 953. The highest BCUT2D eigenvalue weighted by molar-refractivity contribution is 6.00. The zero-order chi connectivity index (χ0) is 23.0. The molecule has 0 aliphatic rings.